The molecule has 1 fully saturated rings. The van der Waals surface area contributed by atoms with Crippen LogP contribution in [0.15, 0.2) is 60.7 Å². The lowest BCUT2D eigenvalue weighted by atomic mass is 9.98. The first-order valence-electron chi connectivity index (χ1n) is 10.5. The lowest BCUT2D eigenvalue weighted by molar-refractivity contribution is -0.120. The minimum absolute atomic E-state index is 0.0759. The number of piperidine rings is 1. The highest BCUT2D eigenvalue weighted by Crippen LogP contribution is 2.29. The third-order valence-corrected chi connectivity index (χ3v) is 5.81. The molecule has 1 aliphatic heterocycles. The number of nitrogens with zero attached hydrogens (tertiary/aromatic N) is 2. The maximum atomic E-state index is 13.0. The molecule has 2 N–H and O–H groups in total. The molecule has 0 radical (unpaired) electrons. The molecule has 0 aliphatic carbocycles. The van der Waals surface area contributed by atoms with E-state index in [9.17, 15) is 9.59 Å². The number of likely N-dealkylation sites (tertiary alicyclic amines) is 1. The minimum Gasteiger partial charge on any atom is -0.370 e. The molecular weight excluding hydrogens is 362 g/mol. The first-order valence-corrected chi connectivity index (χ1v) is 10.5. The van der Waals surface area contributed by atoms with Gasteiger partial charge in [0.25, 0.3) is 0 Å². The number of amides is 2. The standard InChI is InChI=1S/C24H31N3O2/c1-19(20-9-4-2-5-10-20)26-17-15-22(16-18-26)27(21-11-6-3-7-12-21)24(29)14-8-13-23(25)28/h2-7,9-12,19,22H,8,13-18H2,1H3,(H2,25,28). The number of para-hydroxylation sites is 1. The zero-order chi connectivity index (χ0) is 20.6. The van der Waals surface area contributed by atoms with E-state index >= 15 is 0 Å². The Hall–Kier alpha value is -2.66. The number of nitrogens with two attached hydrogens (primary N) is 1. The summed E-state index contributed by atoms with van der Waals surface area (Å²) in [5.41, 5.74) is 7.49. The van der Waals surface area contributed by atoms with Gasteiger partial charge in [-0.1, -0.05) is 48.5 Å². The van der Waals surface area contributed by atoms with Crippen LogP contribution in [0.5, 0.6) is 0 Å². The Morgan fingerprint density at radius 1 is 1.00 bits per heavy atom. The highest BCUT2D eigenvalue weighted by atomic mass is 16.2. The van der Waals surface area contributed by atoms with Crippen molar-refractivity contribution in [3.8, 4) is 0 Å². The monoisotopic (exact) mass is 393 g/mol. The molecule has 0 aromatic heterocycles. The van der Waals surface area contributed by atoms with E-state index in [4.69, 9.17) is 5.73 Å². The lowest BCUT2D eigenvalue weighted by Crippen LogP contribution is -2.48. The van der Waals surface area contributed by atoms with Crippen LogP contribution in [-0.2, 0) is 9.59 Å². The Balaban J connectivity index is 1.66. The smallest absolute Gasteiger partial charge is 0.227 e. The van der Waals surface area contributed by atoms with Gasteiger partial charge < -0.3 is 10.6 Å². The number of rotatable bonds is 8. The van der Waals surface area contributed by atoms with Gasteiger partial charge >= 0.3 is 0 Å². The molecule has 1 saturated heterocycles. The summed E-state index contributed by atoms with van der Waals surface area (Å²) in [6.07, 6.45) is 2.97. The van der Waals surface area contributed by atoms with Crippen molar-refractivity contribution in [1.29, 1.82) is 0 Å². The summed E-state index contributed by atoms with van der Waals surface area (Å²) in [6, 6.07) is 21.0. The third-order valence-electron chi connectivity index (χ3n) is 5.81. The molecule has 5 heteroatoms. The quantitative estimate of drug-likeness (QED) is 0.740. The molecule has 1 heterocycles. The summed E-state index contributed by atoms with van der Waals surface area (Å²) in [5.74, 6) is -0.278. The van der Waals surface area contributed by atoms with Crippen molar-refractivity contribution in [1.82, 2.24) is 4.90 Å². The number of carbonyl (C=O) groups is 2. The Kier molecular flexibility index (Phi) is 7.42. The molecule has 2 aromatic rings. The van der Waals surface area contributed by atoms with Gasteiger partial charge in [0.2, 0.25) is 11.8 Å². The van der Waals surface area contributed by atoms with Gasteiger partial charge in [-0.3, -0.25) is 14.5 Å². The van der Waals surface area contributed by atoms with Crippen molar-refractivity contribution >= 4 is 17.5 Å². The molecule has 5 nitrogen and oxygen atoms in total. The second-order valence-corrected chi connectivity index (χ2v) is 7.77. The molecule has 2 amide bonds. The van der Waals surface area contributed by atoms with E-state index in [1.54, 1.807) is 0 Å². The highest BCUT2D eigenvalue weighted by molar-refractivity contribution is 5.94. The fourth-order valence-electron chi connectivity index (χ4n) is 4.16. The topological polar surface area (TPSA) is 66.6 Å². The van der Waals surface area contributed by atoms with Crippen LogP contribution in [0.3, 0.4) is 0 Å². The van der Waals surface area contributed by atoms with Crippen LogP contribution in [0.2, 0.25) is 0 Å². The van der Waals surface area contributed by atoms with Gasteiger partial charge in [0.1, 0.15) is 0 Å². The van der Waals surface area contributed by atoms with Gasteiger partial charge in [-0.05, 0) is 43.9 Å². The van der Waals surface area contributed by atoms with Gasteiger partial charge in [0.05, 0.1) is 0 Å². The average Bonchev–Trinajstić information content (AvgIpc) is 2.75. The molecule has 1 unspecified atom stereocenters. The normalized spacial score (nSPS) is 16.3. The second-order valence-electron chi connectivity index (χ2n) is 7.77. The van der Waals surface area contributed by atoms with Crippen molar-refractivity contribution in [2.24, 2.45) is 5.73 Å². The van der Waals surface area contributed by atoms with E-state index in [-0.39, 0.29) is 24.3 Å². The number of primary amides is 1. The summed E-state index contributed by atoms with van der Waals surface area (Å²) in [4.78, 5) is 28.5. The summed E-state index contributed by atoms with van der Waals surface area (Å²) in [7, 11) is 0. The summed E-state index contributed by atoms with van der Waals surface area (Å²) in [5, 5.41) is 0. The van der Waals surface area contributed by atoms with Crippen molar-refractivity contribution in [2.45, 2.75) is 51.1 Å². The zero-order valence-corrected chi connectivity index (χ0v) is 17.2. The van der Waals surface area contributed by atoms with Crippen LogP contribution < -0.4 is 10.6 Å². The van der Waals surface area contributed by atoms with E-state index in [0.717, 1.165) is 31.6 Å². The van der Waals surface area contributed by atoms with E-state index < -0.39 is 0 Å². The molecule has 0 bridgehead atoms. The maximum absolute atomic E-state index is 13.0. The maximum Gasteiger partial charge on any atom is 0.227 e. The van der Waals surface area contributed by atoms with Gasteiger partial charge in [-0.2, -0.15) is 0 Å². The Morgan fingerprint density at radius 3 is 2.17 bits per heavy atom. The molecule has 1 aliphatic rings. The Labute approximate surface area is 173 Å². The van der Waals surface area contributed by atoms with E-state index in [2.05, 4.69) is 36.1 Å². The number of carbonyl (C=O) groups excluding carboxylic acids is 2. The molecule has 29 heavy (non-hydrogen) atoms. The summed E-state index contributed by atoms with van der Waals surface area (Å²) >= 11 is 0. The van der Waals surface area contributed by atoms with Crippen molar-refractivity contribution < 1.29 is 9.59 Å². The minimum atomic E-state index is -0.354. The lowest BCUT2D eigenvalue weighted by Gasteiger charge is -2.41. The van der Waals surface area contributed by atoms with E-state index in [0.29, 0.717) is 18.9 Å². The van der Waals surface area contributed by atoms with Crippen LogP contribution in [0.4, 0.5) is 5.69 Å². The zero-order valence-electron chi connectivity index (χ0n) is 17.2. The largest absolute Gasteiger partial charge is 0.370 e. The summed E-state index contributed by atoms with van der Waals surface area (Å²) < 4.78 is 0. The van der Waals surface area contributed by atoms with Crippen LogP contribution in [0.25, 0.3) is 0 Å². The second kappa shape index (κ2) is 10.2. The molecule has 0 saturated carbocycles. The van der Waals surface area contributed by atoms with Crippen LogP contribution in [-0.4, -0.2) is 35.8 Å². The molecule has 154 valence electrons. The summed E-state index contributed by atoms with van der Waals surface area (Å²) in [6.45, 7) is 4.16. The number of anilines is 1. The number of benzene rings is 2. The fourth-order valence-corrected chi connectivity index (χ4v) is 4.16. The Morgan fingerprint density at radius 2 is 1.59 bits per heavy atom. The van der Waals surface area contributed by atoms with Crippen LogP contribution in [0, 0.1) is 0 Å². The van der Waals surface area contributed by atoms with Crippen molar-refractivity contribution in [3.63, 3.8) is 0 Å². The molecule has 3 rings (SSSR count). The SMILES string of the molecule is CC(c1ccccc1)N1CCC(N(C(=O)CCCC(N)=O)c2ccccc2)CC1. The average molecular weight is 394 g/mol. The third kappa shape index (κ3) is 5.67. The van der Waals surface area contributed by atoms with Gasteiger partial charge in [0, 0.05) is 43.7 Å². The predicted octanol–water partition coefficient (Wildman–Crippen LogP) is 3.90. The van der Waals surface area contributed by atoms with Gasteiger partial charge in [-0.15, -0.1) is 0 Å². The molecule has 1 atom stereocenters. The van der Waals surface area contributed by atoms with Gasteiger partial charge in [0.15, 0.2) is 0 Å². The van der Waals surface area contributed by atoms with Gasteiger partial charge in [-0.25, -0.2) is 0 Å². The molecular formula is C24H31N3O2. The number of hydrogen-bond acceptors (Lipinski definition) is 3. The predicted molar refractivity (Wildman–Crippen MR) is 116 cm³/mol. The Bertz CT molecular complexity index is 786. The highest BCUT2D eigenvalue weighted by Gasteiger charge is 2.30. The van der Waals surface area contributed by atoms with E-state index in [1.807, 2.05) is 41.3 Å². The van der Waals surface area contributed by atoms with Crippen LogP contribution >= 0.6 is 0 Å². The van der Waals surface area contributed by atoms with E-state index in [1.165, 1.54) is 5.56 Å². The fraction of sp³-hybridized carbons (Fsp3) is 0.417. The van der Waals surface area contributed by atoms with Crippen molar-refractivity contribution in [3.05, 3.63) is 66.2 Å². The molecule has 2 aromatic carbocycles. The van der Waals surface area contributed by atoms with Crippen LogP contribution in [0.1, 0.15) is 50.6 Å². The first kappa shape index (κ1) is 21.1. The number of hydrogen-bond donors (Lipinski definition) is 1. The first-order chi connectivity index (χ1) is 14.1. The van der Waals surface area contributed by atoms with Crippen molar-refractivity contribution in [2.75, 3.05) is 18.0 Å². The molecule has 0 spiro atoms.